The second kappa shape index (κ2) is 15.3. The van der Waals surface area contributed by atoms with Crippen LogP contribution in [0.15, 0.2) is 31.0 Å². The van der Waals surface area contributed by atoms with Crippen molar-refractivity contribution in [1.82, 2.24) is 5.32 Å². The van der Waals surface area contributed by atoms with Crippen LogP contribution >= 0.6 is 11.3 Å². The number of hydrogen-bond acceptors (Lipinski definition) is 6. The lowest BCUT2D eigenvalue weighted by Crippen LogP contribution is -2.33. The summed E-state index contributed by atoms with van der Waals surface area (Å²) < 4.78 is 55.0. The lowest BCUT2D eigenvalue weighted by molar-refractivity contribution is 0.477. The summed E-state index contributed by atoms with van der Waals surface area (Å²) in [5.41, 5.74) is 0.565. The van der Waals surface area contributed by atoms with Gasteiger partial charge in [-0.15, -0.1) is 11.3 Å². The van der Waals surface area contributed by atoms with E-state index < -0.39 is 25.1 Å². The smallest absolute Gasteiger partial charge is 0.291 e. The zero-order valence-electron chi connectivity index (χ0n) is 21.7. The number of thiophene rings is 1. The molecule has 2 rings (SSSR count). The first-order chi connectivity index (χ1) is 16.7. The van der Waals surface area contributed by atoms with Crippen molar-refractivity contribution >= 4 is 37.4 Å². The van der Waals surface area contributed by atoms with Crippen molar-refractivity contribution in [2.75, 3.05) is 6.54 Å². The van der Waals surface area contributed by atoms with Crippen molar-refractivity contribution in [3.63, 3.8) is 0 Å². The van der Waals surface area contributed by atoms with E-state index in [4.69, 9.17) is 0 Å². The Bertz CT molecular complexity index is 1030. The van der Waals surface area contributed by atoms with E-state index in [0.29, 0.717) is 24.9 Å². The maximum atomic E-state index is 12.7. The second-order valence-corrected chi connectivity index (χ2v) is 14.9. The van der Waals surface area contributed by atoms with E-state index in [-0.39, 0.29) is 14.5 Å². The Kier molecular flexibility index (Phi) is 13.2. The third kappa shape index (κ3) is 9.41. The van der Waals surface area contributed by atoms with Crippen LogP contribution in [0.4, 0.5) is 0 Å². The highest BCUT2D eigenvalue weighted by atomic mass is 32.3. The van der Waals surface area contributed by atoms with Crippen LogP contribution in [0.3, 0.4) is 0 Å². The molecule has 1 aliphatic heterocycles. The van der Waals surface area contributed by atoms with Crippen LogP contribution in [-0.4, -0.2) is 34.8 Å². The summed E-state index contributed by atoms with van der Waals surface area (Å²) in [7, 11) is -7.39. The first kappa shape index (κ1) is 30.2. The van der Waals surface area contributed by atoms with E-state index in [0.717, 1.165) is 37.0 Å². The Morgan fingerprint density at radius 2 is 1.60 bits per heavy atom. The average molecular weight is 545 g/mol. The molecule has 0 unspecified atom stereocenters. The van der Waals surface area contributed by atoms with E-state index in [1.807, 2.05) is 6.92 Å². The van der Waals surface area contributed by atoms with Gasteiger partial charge in [0.2, 0.25) is 0 Å². The van der Waals surface area contributed by atoms with E-state index in [9.17, 15) is 16.8 Å². The molecule has 0 radical (unpaired) electrons. The molecule has 6 nitrogen and oxygen atoms in total. The summed E-state index contributed by atoms with van der Waals surface area (Å²) in [6, 6.07) is 1.35. The van der Waals surface area contributed by atoms with Crippen LogP contribution in [-0.2, 0) is 19.9 Å². The maximum absolute atomic E-state index is 12.7. The topological polar surface area (TPSA) is 92.7 Å². The summed E-state index contributed by atoms with van der Waals surface area (Å²) in [6.07, 6.45) is 20.2. The van der Waals surface area contributed by atoms with Crippen molar-refractivity contribution in [3.05, 3.63) is 23.8 Å². The highest BCUT2D eigenvalue weighted by Crippen LogP contribution is 2.43. The zero-order valence-corrected chi connectivity index (χ0v) is 24.1. The fourth-order valence-corrected chi connectivity index (χ4v) is 9.22. The van der Waals surface area contributed by atoms with Crippen molar-refractivity contribution in [2.45, 2.75) is 124 Å². The Balaban J connectivity index is 1.74. The minimum absolute atomic E-state index is 0.0118. The number of fused-ring (bicyclic) bond motifs is 1. The highest BCUT2D eigenvalue weighted by Gasteiger charge is 2.39. The largest absolute Gasteiger partial charge is 0.310 e. The molecular weight excluding hydrogens is 500 g/mol. The predicted octanol–water partition coefficient (Wildman–Crippen LogP) is 6.98. The molecule has 0 bridgehead atoms. The van der Waals surface area contributed by atoms with Crippen LogP contribution in [0.1, 0.15) is 116 Å². The molecule has 1 N–H and O–H groups in total. The van der Waals surface area contributed by atoms with Crippen molar-refractivity contribution in [2.24, 2.45) is 4.40 Å². The van der Waals surface area contributed by atoms with Gasteiger partial charge in [-0.1, -0.05) is 64.5 Å². The molecular formula is C26H44N2O4S3. The zero-order chi connectivity index (χ0) is 25.7. The first-order valence-electron chi connectivity index (χ1n) is 13.3. The molecule has 200 valence electrons. The minimum atomic E-state index is -3.89. The summed E-state index contributed by atoms with van der Waals surface area (Å²) in [4.78, 5) is 0. The van der Waals surface area contributed by atoms with E-state index in [1.54, 1.807) is 6.92 Å². The van der Waals surface area contributed by atoms with Crippen LogP contribution < -0.4 is 5.32 Å². The predicted molar refractivity (Wildman–Crippen MR) is 148 cm³/mol. The molecule has 1 aromatic rings. The first-order valence-corrected chi connectivity index (χ1v) is 17.1. The van der Waals surface area contributed by atoms with E-state index >= 15 is 0 Å². The van der Waals surface area contributed by atoms with Gasteiger partial charge in [0.15, 0.2) is 9.84 Å². The number of nitrogens with zero attached hydrogens (tertiary/aromatic N) is 1. The number of rotatable bonds is 17. The Morgan fingerprint density at radius 1 is 1.00 bits per heavy atom. The summed E-state index contributed by atoms with van der Waals surface area (Å²) in [6.45, 7) is 6.55. The number of sulfone groups is 1. The molecule has 1 aliphatic rings. The molecule has 0 amide bonds. The summed E-state index contributed by atoms with van der Waals surface area (Å²) in [5.74, 6) is 0. The molecule has 35 heavy (non-hydrogen) atoms. The van der Waals surface area contributed by atoms with Crippen LogP contribution in [0, 0.1) is 0 Å². The number of allylic oxidation sites excluding steroid dienone is 2. The van der Waals surface area contributed by atoms with Crippen LogP contribution in [0.2, 0.25) is 0 Å². The summed E-state index contributed by atoms with van der Waals surface area (Å²) in [5, 5.41) is 2.74. The van der Waals surface area contributed by atoms with Gasteiger partial charge in [0, 0.05) is 17.8 Å². The van der Waals surface area contributed by atoms with Crippen molar-refractivity contribution < 1.29 is 16.8 Å². The third-order valence-electron chi connectivity index (χ3n) is 6.45. The van der Waals surface area contributed by atoms with Gasteiger partial charge in [0.1, 0.15) is 8.42 Å². The molecule has 0 aliphatic carbocycles. The molecule has 0 saturated carbocycles. The Hall–Kier alpha value is -1.03. The van der Waals surface area contributed by atoms with Gasteiger partial charge in [-0.2, -0.15) is 12.8 Å². The average Bonchev–Trinajstić information content (AvgIpc) is 3.28. The lowest BCUT2D eigenvalue weighted by Gasteiger charge is -2.27. The van der Waals surface area contributed by atoms with Gasteiger partial charge < -0.3 is 5.32 Å². The van der Waals surface area contributed by atoms with Crippen LogP contribution in [0.25, 0.3) is 0 Å². The fraction of sp³-hybridized carbons (Fsp3) is 0.731. The highest BCUT2D eigenvalue weighted by molar-refractivity contribution is 7.96. The normalized spacial score (nSPS) is 20.1. The number of hydrogen-bond donors (Lipinski definition) is 1. The molecule has 2 heterocycles. The molecule has 0 aromatic carbocycles. The van der Waals surface area contributed by atoms with Crippen LogP contribution in [0.5, 0.6) is 0 Å². The van der Waals surface area contributed by atoms with Gasteiger partial charge in [-0.3, -0.25) is 0 Å². The SMILES string of the molecule is CCCCCC/C=C/CCCCCCC/C=N/S(=O)(=O)c1cc2c(s1)S(=O)(=O)[C@@H](C)C[C@@H]2NCC. The molecule has 0 spiro atoms. The number of unbranched alkanes of at least 4 members (excludes halogenated alkanes) is 10. The van der Waals surface area contributed by atoms with Crippen molar-refractivity contribution in [1.29, 1.82) is 0 Å². The monoisotopic (exact) mass is 544 g/mol. The maximum Gasteiger partial charge on any atom is 0.291 e. The summed E-state index contributed by atoms with van der Waals surface area (Å²) >= 11 is 0.835. The van der Waals surface area contributed by atoms with Gasteiger partial charge >= 0.3 is 0 Å². The second-order valence-electron chi connectivity index (χ2n) is 9.44. The number of nitrogens with one attached hydrogen (secondary N) is 1. The minimum Gasteiger partial charge on any atom is -0.310 e. The quantitative estimate of drug-likeness (QED) is 0.130. The third-order valence-corrected chi connectivity index (χ3v) is 12.1. The molecule has 0 saturated heterocycles. The van der Waals surface area contributed by atoms with E-state index in [1.165, 1.54) is 57.2 Å². The molecule has 1 aromatic heterocycles. The Morgan fingerprint density at radius 3 is 2.23 bits per heavy atom. The standard InChI is InChI=1S/C26H44N2O4S3/c1-4-6-7-8-9-10-11-12-13-14-15-16-17-18-19-28-35(31,32)25-21-23-24(27-5-2)20-22(3)34(29,30)26(23)33-25/h10-11,19,21-22,24,27H,4-9,12-18,20H2,1-3H3/b11-10+,28-19+/t22-,24-/m0/s1. The van der Waals surface area contributed by atoms with Crippen molar-refractivity contribution in [3.8, 4) is 0 Å². The van der Waals surface area contributed by atoms with Gasteiger partial charge in [0.25, 0.3) is 10.0 Å². The van der Waals surface area contributed by atoms with Gasteiger partial charge in [-0.25, -0.2) is 8.42 Å². The molecule has 0 fully saturated rings. The van der Waals surface area contributed by atoms with Gasteiger partial charge in [0.05, 0.1) is 5.25 Å². The number of sulfonamides is 1. The fourth-order valence-electron chi connectivity index (χ4n) is 4.32. The lowest BCUT2D eigenvalue weighted by atomic mass is 10.1. The Labute approximate surface area is 217 Å². The van der Waals surface area contributed by atoms with E-state index in [2.05, 4.69) is 28.8 Å². The van der Waals surface area contributed by atoms with Gasteiger partial charge in [-0.05, 0) is 64.5 Å². The molecule has 9 heteroatoms. The molecule has 2 atom stereocenters.